The smallest absolute Gasteiger partial charge is 0.299 e. The van der Waals surface area contributed by atoms with Crippen LogP contribution in [0.15, 0.2) is 102 Å². The van der Waals surface area contributed by atoms with E-state index in [4.69, 9.17) is 4.42 Å². The van der Waals surface area contributed by atoms with Crippen molar-refractivity contribution in [2.24, 2.45) is 0 Å². The Bertz CT molecular complexity index is 1300. The molecule has 152 valence electrons. The summed E-state index contributed by atoms with van der Waals surface area (Å²) in [5, 5.41) is 5.45. The first-order valence-corrected chi connectivity index (χ1v) is 10.9. The molecular weight excluding hydrogens is 404 g/mol. The predicted octanol–water partition coefficient (Wildman–Crippen LogP) is 6.89. The van der Waals surface area contributed by atoms with E-state index in [2.05, 4.69) is 50.3 Å². The molecule has 2 N–H and O–H groups in total. The van der Waals surface area contributed by atoms with Crippen molar-refractivity contribution in [3.63, 3.8) is 0 Å². The molecule has 0 saturated carbocycles. The normalized spacial score (nSPS) is 10.8. The molecule has 0 unspecified atom stereocenters. The standard InChI is InChI=1S/C25H20N4OS/c1-2-5-18(6-3-1)17-31-29-23-8-4-7-22(14-23)28-25-27-16-24(30-25)20-9-10-21-15-26-12-11-19(21)13-20/h1-16,29H,17H2,(H,27,28). The van der Waals surface area contributed by atoms with Crippen molar-refractivity contribution in [3.05, 3.63) is 103 Å². The number of rotatable bonds is 7. The molecular formula is C25H20N4OS. The summed E-state index contributed by atoms with van der Waals surface area (Å²) in [5.74, 6) is 1.61. The van der Waals surface area contributed by atoms with Crippen LogP contribution in [0.5, 0.6) is 0 Å². The van der Waals surface area contributed by atoms with Gasteiger partial charge in [-0.1, -0.05) is 48.5 Å². The lowest BCUT2D eigenvalue weighted by Crippen LogP contribution is -1.93. The van der Waals surface area contributed by atoms with E-state index in [1.165, 1.54) is 5.56 Å². The van der Waals surface area contributed by atoms with Crippen LogP contribution in [0.2, 0.25) is 0 Å². The molecule has 6 heteroatoms. The zero-order valence-corrected chi connectivity index (χ0v) is 17.5. The van der Waals surface area contributed by atoms with Gasteiger partial charge >= 0.3 is 0 Å². The molecule has 2 heterocycles. The second-order valence-electron chi connectivity index (χ2n) is 7.05. The quantitative estimate of drug-likeness (QED) is 0.277. The summed E-state index contributed by atoms with van der Waals surface area (Å²) in [7, 11) is 0. The van der Waals surface area contributed by atoms with Gasteiger partial charge in [0.15, 0.2) is 5.76 Å². The van der Waals surface area contributed by atoms with Gasteiger partial charge in [0, 0.05) is 40.5 Å². The Labute approximate surface area is 184 Å². The summed E-state index contributed by atoms with van der Waals surface area (Å²) in [4.78, 5) is 8.54. The molecule has 0 aliphatic heterocycles. The number of benzene rings is 3. The van der Waals surface area contributed by atoms with Crippen molar-refractivity contribution in [2.45, 2.75) is 5.75 Å². The lowest BCUT2D eigenvalue weighted by molar-refractivity contribution is 0.592. The molecule has 0 amide bonds. The number of fused-ring (bicyclic) bond motifs is 1. The number of hydrogen-bond donors (Lipinski definition) is 2. The Morgan fingerprint density at radius 1 is 0.806 bits per heavy atom. The van der Waals surface area contributed by atoms with Crippen LogP contribution in [0.3, 0.4) is 0 Å². The van der Waals surface area contributed by atoms with E-state index in [0.717, 1.165) is 33.5 Å². The van der Waals surface area contributed by atoms with Gasteiger partial charge in [0.05, 0.1) is 6.20 Å². The van der Waals surface area contributed by atoms with E-state index in [1.54, 1.807) is 24.3 Å². The minimum absolute atomic E-state index is 0.457. The Kier molecular flexibility index (Phi) is 5.54. The lowest BCUT2D eigenvalue weighted by atomic mass is 10.1. The van der Waals surface area contributed by atoms with Gasteiger partial charge in [-0.2, -0.15) is 0 Å². The first-order valence-electron chi connectivity index (χ1n) is 9.92. The molecule has 5 nitrogen and oxygen atoms in total. The van der Waals surface area contributed by atoms with Gasteiger partial charge in [0.25, 0.3) is 6.01 Å². The average Bonchev–Trinajstić information content (AvgIpc) is 3.28. The maximum absolute atomic E-state index is 5.94. The zero-order valence-electron chi connectivity index (χ0n) is 16.7. The van der Waals surface area contributed by atoms with Gasteiger partial charge in [-0.15, -0.1) is 0 Å². The molecule has 5 aromatic rings. The van der Waals surface area contributed by atoms with Crippen LogP contribution >= 0.6 is 11.9 Å². The fraction of sp³-hybridized carbons (Fsp3) is 0.0400. The van der Waals surface area contributed by atoms with Gasteiger partial charge in [-0.3, -0.25) is 4.98 Å². The molecule has 31 heavy (non-hydrogen) atoms. The Balaban J connectivity index is 1.25. The van der Waals surface area contributed by atoms with Crippen molar-refractivity contribution >= 4 is 40.1 Å². The Hall–Kier alpha value is -3.77. The average molecular weight is 425 g/mol. The molecule has 0 spiro atoms. The minimum atomic E-state index is 0.457. The van der Waals surface area contributed by atoms with Crippen LogP contribution in [0.1, 0.15) is 5.56 Å². The topological polar surface area (TPSA) is 63.0 Å². The summed E-state index contributed by atoms with van der Waals surface area (Å²) < 4.78 is 9.33. The van der Waals surface area contributed by atoms with Crippen LogP contribution < -0.4 is 10.0 Å². The lowest BCUT2D eigenvalue weighted by Gasteiger charge is -2.08. The third-order valence-corrected chi connectivity index (χ3v) is 5.67. The van der Waals surface area contributed by atoms with Gasteiger partial charge in [0.2, 0.25) is 0 Å². The summed E-state index contributed by atoms with van der Waals surface area (Å²) in [5.41, 5.74) is 4.18. The van der Waals surface area contributed by atoms with Crippen molar-refractivity contribution in [3.8, 4) is 11.3 Å². The molecule has 5 rings (SSSR count). The second kappa shape index (κ2) is 8.93. The molecule has 0 radical (unpaired) electrons. The molecule has 3 aromatic carbocycles. The summed E-state index contributed by atoms with van der Waals surface area (Å²) in [6, 6.07) is 27.0. The van der Waals surface area contributed by atoms with Gasteiger partial charge in [-0.05, 0) is 53.2 Å². The zero-order chi connectivity index (χ0) is 20.9. The van der Waals surface area contributed by atoms with E-state index in [0.29, 0.717) is 11.8 Å². The maximum Gasteiger partial charge on any atom is 0.299 e. The molecule has 0 fully saturated rings. The predicted molar refractivity (Wildman–Crippen MR) is 128 cm³/mol. The highest BCUT2D eigenvalue weighted by Crippen LogP contribution is 2.28. The van der Waals surface area contributed by atoms with Gasteiger partial charge in [0.1, 0.15) is 0 Å². The number of pyridine rings is 1. The Morgan fingerprint density at radius 3 is 2.65 bits per heavy atom. The van der Waals surface area contributed by atoms with Gasteiger partial charge < -0.3 is 14.5 Å². The van der Waals surface area contributed by atoms with Crippen LogP contribution in [-0.2, 0) is 5.75 Å². The van der Waals surface area contributed by atoms with Crippen molar-refractivity contribution in [1.82, 2.24) is 9.97 Å². The molecule has 0 aliphatic rings. The van der Waals surface area contributed by atoms with Crippen LogP contribution in [0, 0.1) is 0 Å². The molecule has 0 saturated heterocycles. The summed E-state index contributed by atoms with van der Waals surface area (Å²) in [6.07, 6.45) is 5.38. The number of oxazole rings is 1. The van der Waals surface area contributed by atoms with Crippen LogP contribution in [0.4, 0.5) is 17.4 Å². The summed E-state index contributed by atoms with van der Waals surface area (Å²) in [6.45, 7) is 0. The van der Waals surface area contributed by atoms with Gasteiger partial charge in [-0.25, -0.2) is 4.98 Å². The van der Waals surface area contributed by atoms with E-state index < -0.39 is 0 Å². The van der Waals surface area contributed by atoms with E-state index >= 15 is 0 Å². The van der Waals surface area contributed by atoms with Crippen molar-refractivity contribution in [2.75, 3.05) is 10.0 Å². The molecule has 2 aromatic heterocycles. The third-order valence-electron chi connectivity index (χ3n) is 4.82. The largest absolute Gasteiger partial charge is 0.423 e. The Morgan fingerprint density at radius 2 is 1.71 bits per heavy atom. The van der Waals surface area contributed by atoms with Crippen LogP contribution in [0.25, 0.3) is 22.1 Å². The fourth-order valence-electron chi connectivity index (χ4n) is 3.26. The molecule has 0 aliphatic carbocycles. The number of nitrogens with one attached hydrogen (secondary N) is 2. The number of anilines is 3. The number of aromatic nitrogens is 2. The van der Waals surface area contributed by atoms with Crippen LogP contribution in [-0.4, -0.2) is 9.97 Å². The first kappa shape index (κ1) is 19.2. The monoisotopic (exact) mass is 424 g/mol. The minimum Gasteiger partial charge on any atom is -0.423 e. The number of hydrogen-bond acceptors (Lipinski definition) is 6. The van der Waals surface area contributed by atoms with Crippen molar-refractivity contribution < 1.29 is 4.42 Å². The highest BCUT2D eigenvalue weighted by atomic mass is 32.2. The molecule has 0 bridgehead atoms. The fourth-order valence-corrected chi connectivity index (χ4v) is 3.99. The highest BCUT2D eigenvalue weighted by molar-refractivity contribution is 7.99. The number of nitrogens with zero attached hydrogens (tertiary/aromatic N) is 2. The highest BCUT2D eigenvalue weighted by Gasteiger charge is 2.08. The first-order chi connectivity index (χ1) is 15.3. The van der Waals surface area contributed by atoms with E-state index in [-0.39, 0.29) is 0 Å². The van der Waals surface area contributed by atoms with E-state index in [1.807, 2.05) is 54.7 Å². The third kappa shape index (κ3) is 4.70. The SMILES string of the molecule is c1ccc(CSNc2cccc(Nc3ncc(-c4ccc5cnccc5c4)o3)c2)cc1. The maximum atomic E-state index is 5.94. The molecule has 0 atom stereocenters. The summed E-state index contributed by atoms with van der Waals surface area (Å²) >= 11 is 1.66. The van der Waals surface area contributed by atoms with Crippen molar-refractivity contribution in [1.29, 1.82) is 0 Å². The van der Waals surface area contributed by atoms with E-state index in [9.17, 15) is 0 Å². The second-order valence-corrected chi connectivity index (χ2v) is 7.83.